The van der Waals surface area contributed by atoms with Gasteiger partial charge in [-0.1, -0.05) is 20.8 Å². The predicted octanol–water partition coefficient (Wildman–Crippen LogP) is 3.99. The molecule has 0 amide bonds. The third kappa shape index (κ3) is 3.57. The summed E-state index contributed by atoms with van der Waals surface area (Å²) in [4.78, 5) is 3.89. The molecule has 112 valence electrons. The highest BCUT2D eigenvalue weighted by atomic mass is 19.1. The van der Waals surface area contributed by atoms with Gasteiger partial charge in [0.05, 0.1) is 6.20 Å². The number of nitrogens with zero attached hydrogens (tertiary/aromatic N) is 1. The van der Waals surface area contributed by atoms with Gasteiger partial charge >= 0.3 is 0 Å². The highest BCUT2D eigenvalue weighted by Gasteiger charge is 2.33. The number of hydrogen-bond acceptors (Lipinski definition) is 2. The van der Waals surface area contributed by atoms with E-state index in [1.165, 1.54) is 19.0 Å². The van der Waals surface area contributed by atoms with Gasteiger partial charge in [-0.05, 0) is 67.7 Å². The van der Waals surface area contributed by atoms with Crippen LogP contribution in [0.3, 0.4) is 0 Å². The van der Waals surface area contributed by atoms with Gasteiger partial charge in [0, 0.05) is 6.20 Å². The van der Waals surface area contributed by atoms with Gasteiger partial charge in [-0.25, -0.2) is 4.39 Å². The summed E-state index contributed by atoms with van der Waals surface area (Å²) in [6.07, 6.45) is 6.66. The monoisotopic (exact) mass is 278 g/mol. The molecule has 0 aromatic carbocycles. The Hall–Kier alpha value is -0.960. The van der Waals surface area contributed by atoms with E-state index in [4.69, 9.17) is 0 Å². The molecule has 0 radical (unpaired) electrons. The fourth-order valence-corrected chi connectivity index (χ4v) is 3.51. The van der Waals surface area contributed by atoms with E-state index in [9.17, 15) is 4.39 Å². The summed E-state index contributed by atoms with van der Waals surface area (Å²) in [6, 6.07) is 1.88. The van der Waals surface area contributed by atoms with E-state index in [0.717, 1.165) is 25.1 Å². The molecule has 20 heavy (non-hydrogen) atoms. The molecule has 1 fully saturated rings. The molecule has 3 atom stereocenters. The predicted molar refractivity (Wildman–Crippen MR) is 81.1 cm³/mol. The van der Waals surface area contributed by atoms with Crippen LogP contribution in [0, 0.1) is 23.6 Å². The number of nitrogens with one attached hydrogen (secondary N) is 1. The maximum absolute atomic E-state index is 14.1. The van der Waals surface area contributed by atoms with Gasteiger partial charge in [0.15, 0.2) is 0 Å². The SMILES string of the molecule is CCNCC1CCC(C(C)C)CC1c1ccncc1F. The van der Waals surface area contributed by atoms with Gasteiger partial charge in [0.2, 0.25) is 0 Å². The molecule has 2 nitrogen and oxygen atoms in total. The Morgan fingerprint density at radius 3 is 2.85 bits per heavy atom. The first kappa shape index (κ1) is 15.4. The molecule has 1 aliphatic carbocycles. The summed E-state index contributed by atoms with van der Waals surface area (Å²) in [6.45, 7) is 8.68. The number of pyridine rings is 1. The smallest absolute Gasteiger partial charge is 0.144 e. The Labute approximate surface area is 122 Å². The summed E-state index contributed by atoms with van der Waals surface area (Å²) >= 11 is 0. The first-order valence-electron chi connectivity index (χ1n) is 7.93. The second-order valence-electron chi connectivity index (χ2n) is 6.39. The molecule has 1 aromatic heterocycles. The van der Waals surface area contributed by atoms with Crippen molar-refractivity contribution in [2.24, 2.45) is 17.8 Å². The molecule has 1 N–H and O–H groups in total. The highest BCUT2D eigenvalue weighted by molar-refractivity contribution is 5.20. The van der Waals surface area contributed by atoms with Crippen LogP contribution in [0.2, 0.25) is 0 Å². The van der Waals surface area contributed by atoms with Crippen LogP contribution in [0.1, 0.15) is 51.5 Å². The summed E-state index contributed by atoms with van der Waals surface area (Å²) in [7, 11) is 0. The molecule has 1 saturated carbocycles. The van der Waals surface area contributed by atoms with E-state index in [0.29, 0.717) is 23.7 Å². The van der Waals surface area contributed by atoms with E-state index in [-0.39, 0.29) is 5.82 Å². The Balaban J connectivity index is 2.19. The van der Waals surface area contributed by atoms with Crippen molar-refractivity contribution in [3.8, 4) is 0 Å². The van der Waals surface area contributed by atoms with Crippen LogP contribution in [-0.4, -0.2) is 18.1 Å². The third-order valence-electron chi connectivity index (χ3n) is 4.84. The lowest BCUT2D eigenvalue weighted by atomic mass is 9.68. The summed E-state index contributed by atoms with van der Waals surface area (Å²) < 4.78 is 14.1. The van der Waals surface area contributed by atoms with Gasteiger partial charge < -0.3 is 5.32 Å². The summed E-state index contributed by atoms with van der Waals surface area (Å²) in [5.41, 5.74) is 0.869. The van der Waals surface area contributed by atoms with Crippen LogP contribution < -0.4 is 5.32 Å². The lowest BCUT2D eigenvalue weighted by Gasteiger charge is -2.38. The summed E-state index contributed by atoms with van der Waals surface area (Å²) in [5.74, 6) is 2.14. The zero-order valence-electron chi connectivity index (χ0n) is 12.9. The average molecular weight is 278 g/mol. The van der Waals surface area contributed by atoms with Crippen LogP contribution in [0.4, 0.5) is 4.39 Å². The maximum atomic E-state index is 14.1. The minimum Gasteiger partial charge on any atom is -0.317 e. The van der Waals surface area contributed by atoms with Crippen molar-refractivity contribution in [2.45, 2.75) is 46.0 Å². The fraction of sp³-hybridized carbons (Fsp3) is 0.706. The molecule has 1 aromatic rings. The molecule has 1 aliphatic rings. The molecule has 0 bridgehead atoms. The Kier molecular flexibility index (Phi) is 5.53. The molecule has 0 saturated heterocycles. The van der Waals surface area contributed by atoms with Crippen molar-refractivity contribution in [1.29, 1.82) is 0 Å². The Morgan fingerprint density at radius 2 is 2.20 bits per heavy atom. The molecular weight excluding hydrogens is 251 g/mol. The topological polar surface area (TPSA) is 24.9 Å². The lowest BCUT2D eigenvalue weighted by molar-refractivity contribution is 0.188. The van der Waals surface area contributed by atoms with Gasteiger partial charge in [0.25, 0.3) is 0 Å². The second kappa shape index (κ2) is 7.16. The standard InChI is InChI=1S/C17H27FN2/c1-4-19-10-14-6-5-13(12(2)3)9-16(14)15-7-8-20-11-17(15)18/h7-8,11-14,16,19H,4-6,9-10H2,1-3H3. The van der Waals surface area contributed by atoms with Crippen molar-refractivity contribution in [3.05, 3.63) is 29.8 Å². The first-order chi connectivity index (χ1) is 9.63. The van der Waals surface area contributed by atoms with Gasteiger partial charge in [0.1, 0.15) is 5.82 Å². The molecule has 0 aliphatic heterocycles. The number of rotatable bonds is 5. The normalized spacial score (nSPS) is 26.9. The first-order valence-corrected chi connectivity index (χ1v) is 7.93. The minimum atomic E-state index is -0.136. The van der Waals surface area contributed by atoms with Crippen LogP contribution in [-0.2, 0) is 0 Å². The molecule has 3 heteroatoms. The van der Waals surface area contributed by atoms with Crippen molar-refractivity contribution in [1.82, 2.24) is 10.3 Å². The van der Waals surface area contributed by atoms with Gasteiger partial charge in [-0.15, -0.1) is 0 Å². The number of aromatic nitrogens is 1. The summed E-state index contributed by atoms with van der Waals surface area (Å²) in [5, 5.41) is 3.44. The van der Waals surface area contributed by atoms with Crippen LogP contribution in [0.15, 0.2) is 18.5 Å². The Bertz CT molecular complexity index is 419. The van der Waals surface area contributed by atoms with Crippen molar-refractivity contribution < 1.29 is 4.39 Å². The second-order valence-corrected chi connectivity index (χ2v) is 6.39. The van der Waals surface area contributed by atoms with Crippen molar-refractivity contribution >= 4 is 0 Å². The molecule has 3 unspecified atom stereocenters. The van der Waals surface area contributed by atoms with Crippen LogP contribution >= 0.6 is 0 Å². The maximum Gasteiger partial charge on any atom is 0.144 e. The average Bonchev–Trinajstić information content (AvgIpc) is 2.45. The van der Waals surface area contributed by atoms with Crippen LogP contribution in [0.25, 0.3) is 0 Å². The van der Waals surface area contributed by atoms with Crippen molar-refractivity contribution in [2.75, 3.05) is 13.1 Å². The quantitative estimate of drug-likeness (QED) is 0.881. The van der Waals surface area contributed by atoms with E-state index < -0.39 is 0 Å². The highest BCUT2D eigenvalue weighted by Crippen LogP contribution is 2.43. The minimum absolute atomic E-state index is 0.136. The van der Waals surface area contributed by atoms with Gasteiger partial charge in [-0.2, -0.15) is 0 Å². The number of hydrogen-bond donors (Lipinski definition) is 1. The molecule has 2 rings (SSSR count). The number of halogens is 1. The van der Waals surface area contributed by atoms with E-state index >= 15 is 0 Å². The van der Waals surface area contributed by atoms with E-state index in [1.54, 1.807) is 6.20 Å². The van der Waals surface area contributed by atoms with E-state index in [1.807, 2.05) is 6.07 Å². The molecule has 0 spiro atoms. The third-order valence-corrected chi connectivity index (χ3v) is 4.84. The van der Waals surface area contributed by atoms with Gasteiger partial charge in [-0.3, -0.25) is 4.98 Å². The van der Waals surface area contributed by atoms with Crippen molar-refractivity contribution in [3.63, 3.8) is 0 Å². The van der Waals surface area contributed by atoms with E-state index in [2.05, 4.69) is 31.1 Å². The largest absolute Gasteiger partial charge is 0.317 e. The lowest BCUT2D eigenvalue weighted by Crippen LogP contribution is -2.33. The fourth-order valence-electron chi connectivity index (χ4n) is 3.51. The zero-order chi connectivity index (χ0) is 14.5. The Morgan fingerprint density at radius 1 is 1.40 bits per heavy atom. The van der Waals surface area contributed by atoms with Crippen LogP contribution in [0.5, 0.6) is 0 Å². The molecular formula is C17H27FN2. The molecule has 1 heterocycles. The zero-order valence-corrected chi connectivity index (χ0v) is 12.9.